The molecule has 0 saturated heterocycles. The molecule has 0 bridgehead atoms. The average Bonchev–Trinajstić information content (AvgIpc) is 2.11. The van der Waals surface area contributed by atoms with Crippen LogP contribution in [0.2, 0.25) is 0 Å². The lowest BCUT2D eigenvalue weighted by molar-refractivity contribution is -0.144. The molecule has 0 aliphatic carbocycles. The summed E-state index contributed by atoms with van der Waals surface area (Å²) in [5.74, 6) is -0.796. The summed E-state index contributed by atoms with van der Waals surface area (Å²) in [6, 6.07) is 0.279. The Hall–Kier alpha value is -1.77. The summed E-state index contributed by atoms with van der Waals surface area (Å²) < 4.78 is 9.48. The molecule has 0 heterocycles. The first kappa shape index (κ1) is 14.2. The molecule has 0 aliphatic heterocycles. The van der Waals surface area contributed by atoms with Crippen LogP contribution >= 0.6 is 0 Å². The largest absolute Gasteiger partial charge is 0.464 e. The van der Waals surface area contributed by atoms with Gasteiger partial charge in [-0.15, -0.1) is 0 Å². The molecular formula is C10H16N2O4. The van der Waals surface area contributed by atoms with E-state index in [-0.39, 0.29) is 6.61 Å². The van der Waals surface area contributed by atoms with Gasteiger partial charge in [-0.3, -0.25) is 5.32 Å². The third-order valence-corrected chi connectivity index (χ3v) is 1.31. The molecule has 0 rings (SSSR count). The van der Waals surface area contributed by atoms with E-state index in [1.807, 2.05) is 0 Å². The monoisotopic (exact) mass is 228 g/mol. The molecule has 0 aromatic rings. The first-order valence-corrected chi connectivity index (χ1v) is 4.86. The molecule has 0 fully saturated rings. The van der Waals surface area contributed by atoms with Crippen molar-refractivity contribution in [3.05, 3.63) is 0 Å². The van der Waals surface area contributed by atoms with Gasteiger partial charge in [0.15, 0.2) is 0 Å². The zero-order valence-electron chi connectivity index (χ0n) is 9.86. The third kappa shape index (κ3) is 5.86. The van der Waals surface area contributed by atoms with Crippen molar-refractivity contribution < 1.29 is 19.1 Å². The molecule has 90 valence electrons. The molecule has 0 radical (unpaired) electrons. The zero-order valence-corrected chi connectivity index (χ0v) is 9.86. The summed E-state index contributed by atoms with van der Waals surface area (Å²) in [5.41, 5.74) is -0.682. The molecule has 0 aromatic heterocycles. The third-order valence-electron chi connectivity index (χ3n) is 1.31. The van der Waals surface area contributed by atoms with Gasteiger partial charge in [0.25, 0.3) is 0 Å². The van der Waals surface area contributed by atoms with Gasteiger partial charge in [-0.1, -0.05) is 0 Å². The summed E-state index contributed by atoms with van der Waals surface area (Å²) in [6.45, 7) is 6.79. The summed E-state index contributed by atoms with van der Waals surface area (Å²) in [5, 5.41) is 10.8. The first-order valence-electron chi connectivity index (χ1n) is 4.86. The van der Waals surface area contributed by atoms with E-state index in [0.717, 1.165) is 0 Å². The van der Waals surface area contributed by atoms with Crippen molar-refractivity contribution in [1.82, 2.24) is 5.32 Å². The van der Waals surface area contributed by atoms with Gasteiger partial charge >= 0.3 is 12.1 Å². The van der Waals surface area contributed by atoms with E-state index in [1.54, 1.807) is 33.8 Å². The van der Waals surface area contributed by atoms with Gasteiger partial charge in [0.05, 0.1) is 12.7 Å². The molecular weight excluding hydrogens is 212 g/mol. The number of ether oxygens (including phenoxy) is 2. The van der Waals surface area contributed by atoms with E-state index in [1.165, 1.54) is 0 Å². The molecule has 1 amide bonds. The van der Waals surface area contributed by atoms with Crippen LogP contribution in [0.1, 0.15) is 27.7 Å². The summed E-state index contributed by atoms with van der Waals surface area (Å²) in [7, 11) is 0. The number of rotatable bonds is 3. The van der Waals surface area contributed by atoms with Crippen LogP contribution in [-0.4, -0.2) is 30.3 Å². The SMILES string of the molecule is CCOC(=O)[C@@H](C#N)NC(=O)OC(C)(C)C. The Kier molecular flexibility index (Phi) is 5.30. The van der Waals surface area contributed by atoms with Crippen molar-refractivity contribution in [3.8, 4) is 6.07 Å². The lowest BCUT2D eigenvalue weighted by Gasteiger charge is -2.20. The van der Waals surface area contributed by atoms with Crippen LogP contribution in [0.15, 0.2) is 0 Å². The second kappa shape index (κ2) is 5.95. The fraction of sp³-hybridized carbons (Fsp3) is 0.700. The van der Waals surface area contributed by atoms with Crippen molar-refractivity contribution in [2.45, 2.75) is 39.3 Å². The van der Waals surface area contributed by atoms with Crippen molar-refractivity contribution in [3.63, 3.8) is 0 Å². The molecule has 0 spiro atoms. The summed E-state index contributed by atoms with van der Waals surface area (Å²) >= 11 is 0. The minimum atomic E-state index is -1.34. The number of carbonyl (C=O) groups excluding carboxylic acids is 2. The van der Waals surface area contributed by atoms with Gasteiger partial charge in [-0.2, -0.15) is 5.26 Å². The lowest BCUT2D eigenvalue weighted by Crippen LogP contribution is -2.43. The van der Waals surface area contributed by atoms with E-state index in [9.17, 15) is 9.59 Å². The van der Waals surface area contributed by atoms with E-state index in [4.69, 9.17) is 10.00 Å². The molecule has 0 unspecified atom stereocenters. The Morgan fingerprint density at radius 3 is 2.38 bits per heavy atom. The Bertz CT molecular complexity index is 301. The van der Waals surface area contributed by atoms with Crippen LogP contribution in [0.5, 0.6) is 0 Å². The Labute approximate surface area is 94.5 Å². The molecule has 0 aromatic carbocycles. The molecule has 6 heteroatoms. The topological polar surface area (TPSA) is 88.4 Å². The number of nitriles is 1. The second-order valence-electron chi connectivity index (χ2n) is 3.96. The summed E-state index contributed by atoms with van der Waals surface area (Å²) in [4.78, 5) is 22.4. The van der Waals surface area contributed by atoms with Crippen LogP contribution in [-0.2, 0) is 14.3 Å². The van der Waals surface area contributed by atoms with Crippen molar-refractivity contribution in [1.29, 1.82) is 5.26 Å². The summed E-state index contributed by atoms with van der Waals surface area (Å²) in [6.07, 6.45) is -0.827. The van der Waals surface area contributed by atoms with Crippen LogP contribution in [0.3, 0.4) is 0 Å². The number of esters is 1. The fourth-order valence-electron chi connectivity index (χ4n) is 0.795. The highest BCUT2D eigenvalue weighted by molar-refractivity contribution is 5.84. The minimum Gasteiger partial charge on any atom is -0.464 e. The van der Waals surface area contributed by atoms with E-state index >= 15 is 0 Å². The van der Waals surface area contributed by atoms with E-state index < -0.39 is 23.7 Å². The van der Waals surface area contributed by atoms with E-state index in [0.29, 0.717) is 0 Å². The second-order valence-corrected chi connectivity index (χ2v) is 3.96. The number of hydrogen-bond acceptors (Lipinski definition) is 5. The standard InChI is InChI=1S/C10H16N2O4/c1-5-15-8(13)7(6-11)12-9(14)16-10(2,3)4/h7H,5H2,1-4H3,(H,12,14)/t7-/m1/s1. The first-order chi connectivity index (χ1) is 7.30. The van der Waals surface area contributed by atoms with Gasteiger partial charge < -0.3 is 9.47 Å². The maximum absolute atomic E-state index is 11.2. The maximum Gasteiger partial charge on any atom is 0.409 e. The Balaban J connectivity index is 4.30. The van der Waals surface area contributed by atoms with Gasteiger partial charge in [0, 0.05) is 0 Å². The normalized spacial score (nSPS) is 12.2. The van der Waals surface area contributed by atoms with Crippen LogP contribution < -0.4 is 5.32 Å². The maximum atomic E-state index is 11.2. The fourth-order valence-corrected chi connectivity index (χ4v) is 0.795. The highest BCUT2D eigenvalue weighted by Gasteiger charge is 2.24. The molecule has 1 N–H and O–H groups in total. The average molecular weight is 228 g/mol. The predicted octanol–water partition coefficient (Wildman–Crippen LogP) is 0.966. The van der Waals surface area contributed by atoms with Crippen LogP contribution in [0.25, 0.3) is 0 Å². The number of amides is 1. The molecule has 0 saturated carbocycles. The number of carbonyl (C=O) groups is 2. The highest BCUT2D eigenvalue weighted by atomic mass is 16.6. The number of alkyl carbamates (subject to hydrolysis) is 1. The van der Waals surface area contributed by atoms with Gasteiger partial charge in [-0.05, 0) is 27.7 Å². The van der Waals surface area contributed by atoms with E-state index in [2.05, 4.69) is 10.1 Å². The van der Waals surface area contributed by atoms with Crippen molar-refractivity contribution in [2.75, 3.05) is 6.61 Å². The van der Waals surface area contributed by atoms with Gasteiger partial charge in [-0.25, -0.2) is 9.59 Å². The van der Waals surface area contributed by atoms with Crippen LogP contribution in [0, 0.1) is 11.3 Å². The Morgan fingerprint density at radius 1 is 1.44 bits per heavy atom. The van der Waals surface area contributed by atoms with Gasteiger partial charge in [0.1, 0.15) is 5.60 Å². The quantitative estimate of drug-likeness (QED) is 0.727. The van der Waals surface area contributed by atoms with Crippen molar-refractivity contribution in [2.24, 2.45) is 0 Å². The number of hydrogen-bond donors (Lipinski definition) is 1. The molecule has 1 atom stereocenters. The number of nitrogens with one attached hydrogen (secondary N) is 1. The molecule has 0 aliphatic rings. The van der Waals surface area contributed by atoms with Crippen molar-refractivity contribution >= 4 is 12.1 Å². The zero-order chi connectivity index (χ0) is 12.8. The number of nitrogens with zero attached hydrogens (tertiary/aromatic N) is 1. The Morgan fingerprint density at radius 2 is 2.00 bits per heavy atom. The minimum absolute atomic E-state index is 0.146. The predicted molar refractivity (Wildman–Crippen MR) is 55.4 cm³/mol. The smallest absolute Gasteiger partial charge is 0.409 e. The molecule has 16 heavy (non-hydrogen) atoms. The highest BCUT2D eigenvalue weighted by Crippen LogP contribution is 2.06. The van der Waals surface area contributed by atoms with Gasteiger partial charge in [0.2, 0.25) is 6.04 Å². The van der Waals surface area contributed by atoms with Crippen LogP contribution in [0.4, 0.5) is 4.79 Å². The molecule has 6 nitrogen and oxygen atoms in total. The lowest BCUT2D eigenvalue weighted by atomic mass is 10.2.